The van der Waals surface area contributed by atoms with Crippen LogP contribution < -0.4 is 10.1 Å². The topological polar surface area (TPSA) is 41.6 Å². The molecule has 3 rings (SSSR count). The Labute approximate surface area is 161 Å². The first-order valence-electron chi connectivity index (χ1n) is 9.65. The number of Topliss-reactive ketones (excluding diaryl/α,β-unsaturated/α-hetero) is 1. The number of nitrogens with zero attached hydrogens (tertiary/aromatic N) is 1. The molecule has 0 saturated heterocycles. The molecule has 0 amide bonds. The van der Waals surface area contributed by atoms with Crippen molar-refractivity contribution in [3.05, 3.63) is 41.1 Å². The van der Waals surface area contributed by atoms with E-state index in [4.69, 9.17) is 17.0 Å². The van der Waals surface area contributed by atoms with Crippen molar-refractivity contribution < 1.29 is 9.53 Å². The third-order valence-electron chi connectivity index (χ3n) is 5.18. The highest BCUT2D eigenvalue weighted by Gasteiger charge is 2.36. The zero-order valence-electron chi connectivity index (χ0n) is 15.7. The number of hydrogen-bond acceptors (Lipinski definition) is 3. The Bertz CT molecular complexity index is 714. The molecule has 0 aromatic heterocycles. The van der Waals surface area contributed by atoms with Gasteiger partial charge < -0.3 is 15.0 Å². The van der Waals surface area contributed by atoms with E-state index < -0.39 is 0 Å². The SMILES string of the molecule is CCCCCCOc1ccccc1C1NC(=S)N(C)C2=C1C(=O)CCC2. The van der Waals surface area contributed by atoms with E-state index in [0.717, 1.165) is 41.8 Å². The molecule has 1 aromatic carbocycles. The number of hydrogen-bond donors (Lipinski definition) is 1. The van der Waals surface area contributed by atoms with E-state index in [1.807, 2.05) is 36.2 Å². The molecular formula is C21H28N2O2S. The largest absolute Gasteiger partial charge is 0.493 e. The van der Waals surface area contributed by atoms with Crippen molar-refractivity contribution in [2.45, 2.75) is 57.9 Å². The summed E-state index contributed by atoms with van der Waals surface area (Å²) >= 11 is 5.52. The van der Waals surface area contributed by atoms with Crippen LogP contribution in [0.2, 0.25) is 0 Å². The summed E-state index contributed by atoms with van der Waals surface area (Å²) in [6.45, 7) is 2.91. The van der Waals surface area contributed by atoms with Crippen molar-refractivity contribution in [1.82, 2.24) is 10.2 Å². The van der Waals surface area contributed by atoms with Crippen LogP contribution in [0.5, 0.6) is 5.75 Å². The quantitative estimate of drug-likeness (QED) is 0.563. The zero-order valence-corrected chi connectivity index (χ0v) is 16.5. The number of para-hydroxylation sites is 1. The standard InChI is InChI=1S/C21H28N2O2S/c1-3-4-5-8-14-25-18-13-7-6-10-15(18)20-19-16(11-9-12-17(19)24)23(2)21(26)22-20/h6-7,10,13,20H,3-5,8-9,11-12,14H2,1-2H3,(H,22,26). The second-order valence-electron chi connectivity index (χ2n) is 7.03. The minimum atomic E-state index is -0.214. The van der Waals surface area contributed by atoms with Crippen molar-refractivity contribution in [3.8, 4) is 5.75 Å². The molecule has 2 aliphatic rings. The first-order chi connectivity index (χ1) is 12.6. The average molecular weight is 373 g/mol. The molecule has 140 valence electrons. The Hall–Kier alpha value is -1.88. The van der Waals surface area contributed by atoms with Crippen LogP contribution in [0.15, 0.2) is 35.5 Å². The lowest BCUT2D eigenvalue weighted by Gasteiger charge is -2.39. The van der Waals surface area contributed by atoms with Crippen LogP contribution in [0.3, 0.4) is 0 Å². The molecule has 1 N–H and O–H groups in total. The van der Waals surface area contributed by atoms with E-state index in [9.17, 15) is 4.79 Å². The lowest BCUT2D eigenvalue weighted by Crippen LogP contribution is -2.47. The van der Waals surface area contributed by atoms with Gasteiger partial charge in [0, 0.05) is 30.3 Å². The van der Waals surface area contributed by atoms with Crippen molar-refractivity contribution in [2.75, 3.05) is 13.7 Å². The summed E-state index contributed by atoms with van der Waals surface area (Å²) in [5.74, 6) is 1.06. The highest BCUT2D eigenvalue weighted by molar-refractivity contribution is 7.80. The fourth-order valence-electron chi connectivity index (χ4n) is 3.73. The molecule has 1 aliphatic heterocycles. The molecule has 0 fully saturated rings. The number of rotatable bonds is 7. The maximum absolute atomic E-state index is 12.7. The van der Waals surface area contributed by atoms with Gasteiger partial charge in [-0.3, -0.25) is 4.79 Å². The highest BCUT2D eigenvalue weighted by Crippen LogP contribution is 2.39. The molecule has 26 heavy (non-hydrogen) atoms. The first-order valence-corrected chi connectivity index (χ1v) is 10.1. The molecule has 0 spiro atoms. The second-order valence-corrected chi connectivity index (χ2v) is 7.41. The molecule has 1 heterocycles. The summed E-state index contributed by atoms with van der Waals surface area (Å²) in [5.41, 5.74) is 2.92. The Balaban J connectivity index is 1.87. The summed E-state index contributed by atoms with van der Waals surface area (Å²) in [6.07, 6.45) is 7.09. The highest BCUT2D eigenvalue weighted by atomic mass is 32.1. The zero-order chi connectivity index (χ0) is 18.5. The van der Waals surface area contributed by atoms with E-state index in [0.29, 0.717) is 18.1 Å². The number of nitrogens with one attached hydrogen (secondary N) is 1. The van der Waals surface area contributed by atoms with Crippen LogP contribution in [-0.2, 0) is 4.79 Å². The fraction of sp³-hybridized carbons (Fsp3) is 0.524. The molecular weight excluding hydrogens is 344 g/mol. The van der Waals surface area contributed by atoms with Gasteiger partial charge in [0.1, 0.15) is 5.75 Å². The van der Waals surface area contributed by atoms with Crippen LogP contribution in [0.1, 0.15) is 63.5 Å². The molecule has 4 nitrogen and oxygen atoms in total. The van der Waals surface area contributed by atoms with Crippen molar-refractivity contribution in [3.63, 3.8) is 0 Å². The minimum absolute atomic E-state index is 0.214. The summed E-state index contributed by atoms with van der Waals surface area (Å²) in [5, 5.41) is 4.03. The number of unbranched alkanes of at least 4 members (excludes halogenated alkanes) is 3. The van der Waals surface area contributed by atoms with Gasteiger partial charge in [0.05, 0.1) is 12.6 Å². The minimum Gasteiger partial charge on any atom is -0.493 e. The summed E-state index contributed by atoms with van der Waals surface area (Å²) in [4.78, 5) is 14.7. The number of carbonyl (C=O) groups excluding carboxylic acids is 1. The van der Waals surface area contributed by atoms with Crippen LogP contribution in [0.25, 0.3) is 0 Å². The van der Waals surface area contributed by atoms with Crippen LogP contribution >= 0.6 is 12.2 Å². The maximum atomic E-state index is 12.7. The monoisotopic (exact) mass is 372 g/mol. The predicted molar refractivity (Wildman–Crippen MR) is 108 cm³/mol. The van der Waals surface area contributed by atoms with Gasteiger partial charge in [-0.25, -0.2) is 0 Å². The molecule has 1 aliphatic carbocycles. The van der Waals surface area contributed by atoms with E-state index in [-0.39, 0.29) is 11.8 Å². The number of ketones is 1. The Morgan fingerprint density at radius 2 is 2.04 bits per heavy atom. The van der Waals surface area contributed by atoms with Crippen LogP contribution in [-0.4, -0.2) is 29.5 Å². The van der Waals surface area contributed by atoms with Gasteiger partial charge in [-0.05, 0) is 37.5 Å². The molecule has 1 atom stereocenters. The van der Waals surface area contributed by atoms with Gasteiger partial charge in [-0.15, -0.1) is 0 Å². The van der Waals surface area contributed by atoms with Gasteiger partial charge in [-0.1, -0.05) is 44.4 Å². The molecule has 1 aromatic rings. The molecule has 0 saturated carbocycles. The Kier molecular flexibility index (Phi) is 6.30. The van der Waals surface area contributed by atoms with Crippen molar-refractivity contribution >= 4 is 23.1 Å². The van der Waals surface area contributed by atoms with Crippen LogP contribution in [0.4, 0.5) is 0 Å². The third-order valence-corrected chi connectivity index (χ3v) is 5.57. The number of thiocarbonyl (C=S) groups is 1. The molecule has 1 unspecified atom stereocenters. The van der Waals surface area contributed by atoms with Gasteiger partial charge in [-0.2, -0.15) is 0 Å². The average Bonchev–Trinajstić information content (AvgIpc) is 2.65. The summed E-state index contributed by atoms with van der Waals surface area (Å²) in [6, 6.07) is 7.80. The normalized spacial score (nSPS) is 20.1. The van der Waals surface area contributed by atoms with Gasteiger partial charge >= 0.3 is 0 Å². The number of ether oxygens (including phenoxy) is 1. The molecule has 5 heteroatoms. The van der Waals surface area contributed by atoms with E-state index >= 15 is 0 Å². The Morgan fingerprint density at radius 1 is 1.23 bits per heavy atom. The molecule has 0 bridgehead atoms. The summed E-state index contributed by atoms with van der Waals surface area (Å²) < 4.78 is 6.08. The van der Waals surface area contributed by atoms with Gasteiger partial charge in [0.25, 0.3) is 0 Å². The smallest absolute Gasteiger partial charge is 0.173 e. The molecule has 0 radical (unpaired) electrons. The number of benzene rings is 1. The van der Waals surface area contributed by atoms with Gasteiger partial charge in [0.2, 0.25) is 0 Å². The third kappa shape index (κ3) is 3.93. The van der Waals surface area contributed by atoms with Gasteiger partial charge in [0.15, 0.2) is 10.9 Å². The lowest BCUT2D eigenvalue weighted by molar-refractivity contribution is -0.116. The Morgan fingerprint density at radius 3 is 2.85 bits per heavy atom. The number of allylic oxidation sites excluding steroid dienone is 1. The van der Waals surface area contributed by atoms with Crippen molar-refractivity contribution in [2.24, 2.45) is 0 Å². The number of carbonyl (C=O) groups is 1. The van der Waals surface area contributed by atoms with E-state index in [1.165, 1.54) is 19.3 Å². The second kappa shape index (κ2) is 8.67. The lowest BCUT2D eigenvalue weighted by atomic mass is 9.84. The maximum Gasteiger partial charge on any atom is 0.173 e. The van der Waals surface area contributed by atoms with Crippen LogP contribution in [0, 0.1) is 0 Å². The van der Waals surface area contributed by atoms with E-state index in [2.05, 4.69) is 12.2 Å². The summed E-state index contributed by atoms with van der Waals surface area (Å²) in [7, 11) is 1.94. The first kappa shape index (κ1) is 18.9. The van der Waals surface area contributed by atoms with Crippen molar-refractivity contribution in [1.29, 1.82) is 0 Å². The predicted octanol–water partition coefficient (Wildman–Crippen LogP) is 4.51. The van der Waals surface area contributed by atoms with E-state index in [1.54, 1.807) is 0 Å². The fourth-order valence-corrected chi connectivity index (χ4v) is 3.96.